The van der Waals surface area contributed by atoms with Crippen molar-refractivity contribution in [3.05, 3.63) is 35.9 Å². The minimum atomic E-state index is -1.82. The third-order valence-corrected chi connectivity index (χ3v) is 5.14. The van der Waals surface area contributed by atoms with Crippen LogP contribution in [0.15, 0.2) is 30.3 Å². The molecule has 0 unspecified atom stereocenters. The first-order valence-corrected chi connectivity index (χ1v) is 9.49. The van der Waals surface area contributed by atoms with Crippen molar-refractivity contribution in [2.75, 3.05) is 26.2 Å². The van der Waals surface area contributed by atoms with Crippen LogP contribution in [0.4, 0.5) is 0 Å². The predicted octanol–water partition coefficient (Wildman–Crippen LogP) is 1.86. The average Bonchev–Trinajstić information content (AvgIpc) is 2.70. The molecule has 1 amide bonds. The van der Waals surface area contributed by atoms with Crippen molar-refractivity contribution in [2.24, 2.45) is 0 Å². The molecule has 1 aromatic carbocycles. The summed E-state index contributed by atoms with van der Waals surface area (Å²) < 4.78 is 0. The summed E-state index contributed by atoms with van der Waals surface area (Å²) in [5.41, 5.74) is 1.12. The molecule has 1 saturated carbocycles. The van der Waals surface area contributed by atoms with Crippen molar-refractivity contribution in [3.8, 4) is 0 Å². The molecule has 2 aliphatic rings. The molecule has 7 heteroatoms. The summed E-state index contributed by atoms with van der Waals surface area (Å²) in [5, 5.41) is 14.8. The van der Waals surface area contributed by atoms with E-state index in [1.54, 1.807) is 0 Å². The number of carboxylic acids is 2. The molecule has 27 heavy (non-hydrogen) atoms. The Morgan fingerprint density at radius 2 is 1.41 bits per heavy atom. The number of aliphatic carboxylic acids is 2. The molecular formula is C20H28N2O5. The van der Waals surface area contributed by atoms with Crippen molar-refractivity contribution in [1.82, 2.24) is 9.80 Å². The van der Waals surface area contributed by atoms with Crippen LogP contribution < -0.4 is 0 Å². The Bertz CT molecular complexity index is 609. The van der Waals surface area contributed by atoms with Crippen LogP contribution in [0.2, 0.25) is 0 Å². The van der Waals surface area contributed by atoms with Gasteiger partial charge >= 0.3 is 11.9 Å². The van der Waals surface area contributed by atoms with Gasteiger partial charge in [-0.15, -0.1) is 0 Å². The first kappa shape index (κ1) is 20.9. The summed E-state index contributed by atoms with van der Waals surface area (Å²) in [6, 6.07) is 10.9. The molecule has 1 aliphatic carbocycles. The van der Waals surface area contributed by atoms with E-state index < -0.39 is 11.9 Å². The Kier molecular flexibility index (Phi) is 8.26. The van der Waals surface area contributed by atoms with Gasteiger partial charge in [-0.1, -0.05) is 49.6 Å². The summed E-state index contributed by atoms with van der Waals surface area (Å²) >= 11 is 0. The van der Waals surface area contributed by atoms with E-state index in [0.717, 1.165) is 37.8 Å². The smallest absolute Gasteiger partial charge is 0.414 e. The molecule has 0 aromatic heterocycles. The maximum atomic E-state index is 12.4. The lowest BCUT2D eigenvalue weighted by Crippen LogP contribution is -2.52. The van der Waals surface area contributed by atoms with Crippen LogP contribution in [0.5, 0.6) is 0 Å². The Morgan fingerprint density at radius 3 is 1.93 bits per heavy atom. The number of hydrogen-bond acceptors (Lipinski definition) is 4. The zero-order valence-electron chi connectivity index (χ0n) is 15.5. The lowest BCUT2D eigenvalue weighted by molar-refractivity contribution is -0.159. The van der Waals surface area contributed by atoms with Gasteiger partial charge in [0.1, 0.15) is 0 Å². The number of carbonyl (C=O) groups is 3. The molecule has 0 radical (unpaired) electrons. The second-order valence-electron chi connectivity index (χ2n) is 6.98. The van der Waals surface area contributed by atoms with E-state index in [4.69, 9.17) is 19.8 Å². The molecule has 1 aliphatic heterocycles. The van der Waals surface area contributed by atoms with Gasteiger partial charge in [0, 0.05) is 32.2 Å². The van der Waals surface area contributed by atoms with Crippen LogP contribution in [0.25, 0.3) is 0 Å². The topological polar surface area (TPSA) is 98.2 Å². The van der Waals surface area contributed by atoms with Gasteiger partial charge in [-0.3, -0.25) is 9.69 Å². The van der Waals surface area contributed by atoms with Gasteiger partial charge in [0.2, 0.25) is 5.91 Å². The highest BCUT2D eigenvalue weighted by atomic mass is 16.4. The van der Waals surface area contributed by atoms with Gasteiger partial charge in [-0.25, -0.2) is 9.59 Å². The molecule has 1 aromatic rings. The Morgan fingerprint density at radius 1 is 0.852 bits per heavy atom. The number of carboxylic acid groups (broad SMARTS) is 2. The first-order valence-electron chi connectivity index (χ1n) is 9.49. The van der Waals surface area contributed by atoms with E-state index in [-0.39, 0.29) is 5.91 Å². The van der Waals surface area contributed by atoms with Crippen LogP contribution in [0.3, 0.4) is 0 Å². The molecule has 0 spiro atoms. The molecule has 2 fully saturated rings. The normalized spacial score (nSPS) is 18.3. The highest BCUT2D eigenvalue weighted by Gasteiger charge is 2.26. The Labute approximate surface area is 159 Å². The number of benzene rings is 1. The fraction of sp³-hybridized carbons (Fsp3) is 0.550. The second-order valence-corrected chi connectivity index (χ2v) is 6.98. The largest absolute Gasteiger partial charge is 0.473 e. The molecule has 148 valence electrons. The average molecular weight is 376 g/mol. The standard InChI is InChI=1S/C18H26N2O.C2H2O4/c21-18(15-16-7-3-1-4-8-16)20-13-11-19(12-14-20)17-9-5-2-6-10-17;3-1(4)2(5)6/h1,3-4,7-8,17H,2,5-6,9-15H2;(H,3,4)(H,5,6). The van der Waals surface area contributed by atoms with Gasteiger partial charge in [-0.05, 0) is 18.4 Å². The van der Waals surface area contributed by atoms with E-state index in [1.165, 1.54) is 32.1 Å². The molecule has 7 nitrogen and oxygen atoms in total. The molecule has 0 atom stereocenters. The van der Waals surface area contributed by atoms with Crippen molar-refractivity contribution >= 4 is 17.8 Å². The molecule has 2 N–H and O–H groups in total. The third kappa shape index (κ3) is 7.02. The fourth-order valence-electron chi connectivity index (χ4n) is 3.66. The lowest BCUT2D eigenvalue weighted by atomic mass is 9.94. The quantitative estimate of drug-likeness (QED) is 0.782. The summed E-state index contributed by atoms with van der Waals surface area (Å²) in [7, 11) is 0. The summed E-state index contributed by atoms with van der Waals surface area (Å²) in [5.74, 6) is -3.37. The van der Waals surface area contributed by atoms with Gasteiger partial charge in [0.25, 0.3) is 0 Å². The minimum Gasteiger partial charge on any atom is -0.473 e. The van der Waals surface area contributed by atoms with Crippen LogP contribution in [0, 0.1) is 0 Å². The summed E-state index contributed by atoms with van der Waals surface area (Å²) in [4.78, 5) is 35.2. The molecule has 1 saturated heterocycles. The van der Waals surface area contributed by atoms with E-state index in [2.05, 4.69) is 4.90 Å². The van der Waals surface area contributed by atoms with Gasteiger partial charge < -0.3 is 15.1 Å². The van der Waals surface area contributed by atoms with E-state index in [1.807, 2.05) is 35.2 Å². The van der Waals surface area contributed by atoms with Crippen LogP contribution >= 0.6 is 0 Å². The third-order valence-electron chi connectivity index (χ3n) is 5.14. The molecular weight excluding hydrogens is 348 g/mol. The van der Waals surface area contributed by atoms with Crippen LogP contribution in [0.1, 0.15) is 37.7 Å². The van der Waals surface area contributed by atoms with Gasteiger partial charge in [0.05, 0.1) is 6.42 Å². The van der Waals surface area contributed by atoms with Crippen LogP contribution in [-0.4, -0.2) is 70.1 Å². The molecule has 3 rings (SSSR count). The number of amides is 1. The summed E-state index contributed by atoms with van der Waals surface area (Å²) in [6.07, 6.45) is 7.45. The Hall–Kier alpha value is -2.41. The number of piperazine rings is 1. The number of nitrogens with zero attached hydrogens (tertiary/aromatic N) is 2. The number of carbonyl (C=O) groups excluding carboxylic acids is 1. The Balaban J connectivity index is 0.000000380. The highest BCUT2D eigenvalue weighted by Crippen LogP contribution is 2.23. The summed E-state index contributed by atoms with van der Waals surface area (Å²) in [6.45, 7) is 3.93. The minimum absolute atomic E-state index is 0.282. The van der Waals surface area contributed by atoms with Crippen molar-refractivity contribution < 1.29 is 24.6 Å². The molecule has 1 heterocycles. The highest BCUT2D eigenvalue weighted by molar-refractivity contribution is 6.27. The molecule has 0 bridgehead atoms. The lowest BCUT2D eigenvalue weighted by Gasteiger charge is -2.40. The monoisotopic (exact) mass is 376 g/mol. The van der Waals surface area contributed by atoms with Gasteiger partial charge in [-0.2, -0.15) is 0 Å². The number of hydrogen-bond donors (Lipinski definition) is 2. The number of rotatable bonds is 3. The fourth-order valence-corrected chi connectivity index (χ4v) is 3.66. The zero-order chi connectivity index (χ0) is 19.6. The van der Waals surface area contributed by atoms with E-state index in [0.29, 0.717) is 6.42 Å². The van der Waals surface area contributed by atoms with Crippen molar-refractivity contribution in [2.45, 2.75) is 44.6 Å². The first-order chi connectivity index (χ1) is 13.0. The second kappa shape index (κ2) is 10.7. The zero-order valence-corrected chi connectivity index (χ0v) is 15.5. The predicted molar refractivity (Wildman–Crippen MR) is 100 cm³/mol. The van der Waals surface area contributed by atoms with Crippen molar-refractivity contribution in [3.63, 3.8) is 0 Å². The van der Waals surface area contributed by atoms with Crippen molar-refractivity contribution in [1.29, 1.82) is 0 Å². The SMILES string of the molecule is O=C(Cc1ccccc1)N1CCN(C2CCCCC2)CC1.O=C(O)C(=O)O. The van der Waals surface area contributed by atoms with Gasteiger partial charge in [0.15, 0.2) is 0 Å². The van der Waals surface area contributed by atoms with Crippen LogP contribution in [-0.2, 0) is 20.8 Å². The maximum Gasteiger partial charge on any atom is 0.414 e. The van der Waals surface area contributed by atoms with E-state index >= 15 is 0 Å². The maximum absolute atomic E-state index is 12.4. The van der Waals surface area contributed by atoms with E-state index in [9.17, 15) is 4.79 Å².